The molecule has 1 heterocycles. The van der Waals surface area contributed by atoms with E-state index in [1.54, 1.807) is 19.1 Å². The van der Waals surface area contributed by atoms with Crippen molar-refractivity contribution in [3.63, 3.8) is 0 Å². The number of likely N-dealkylation sites (N-methyl/N-ethyl adjacent to an activating group) is 1. The molecule has 0 aromatic carbocycles. The smallest absolute Gasteiger partial charge is 0.332 e. The summed E-state index contributed by atoms with van der Waals surface area (Å²) >= 11 is 0. The molecule has 0 radical (unpaired) electrons. The summed E-state index contributed by atoms with van der Waals surface area (Å²) in [6.45, 7) is 2.38. The number of rotatable bonds is 6. The summed E-state index contributed by atoms with van der Waals surface area (Å²) < 4.78 is 6.99. The van der Waals surface area contributed by atoms with Crippen LogP contribution >= 0.6 is 0 Å². The number of carbonyl (C=O) groups excluding carboxylic acids is 1. The van der Waals surface area contributed by atoms with Crippen molar-refractivity contribution in [3.05, 3.63) is 26.4 Å². The number of nitrogens with two attached hydrogens (primary N) is 1. The lowest BCUT2D eigenvalue weighted by molar-refractivity contribution is 0.0839. The Morgan fingerprint density at radius 2 is 1.90 bits per heavy atom. The first-order valence-electron chi connectivity index (χ1n) is 6.50. The minimum atomic E-state index is -0.673. The maximum Gasteiger partial charge on any atom is 0.332 e. The third-order valence-corrected chi connectivity index (χ3v) is 3.54. The van der Waals surface area contributed by atoms with Gasteiger partial charge in [-0.1, -0.05) is 0 Å². The van der Waals surface area contributed by atoms with Crippen LogP contribution in [0.25, 0.3) is 0 Å². The van der Waals surface area contributed by atoms with Gasteiger partial charge >= 0.3 is 5.69 Å². The highest BCUT2D eigenvalue weighted by Crippen LogP contribution is 2.06. The Kier molecular flexibility index (Phi) is 5.45. The highest BCUT2D eigenvalue weighted by Gasteiger charge is 2.22. The van der Waals surface area contributed by atoms with E-state index < -0.39 is 17.0 Å². The summed E-state index contributed by atoms with van der Waals surface area (Å²) in [5.74, 6) is -0.532. The Hall–Kier alpha value is -1.93. The predicted octanol–water partition coefficient (Wildman–Crippen LogP) is -1.18. The zero-order chi connectivity index (χ0) is 16.3. The van der Waals surface area contributed by atoms with Crippen LogP contribution in [0.3, 0.4) is 0 Å². The fourth-order valence-corrected chi connectivity index (χ4v) is 1.95. The Balaban J connectivity index is 3.15. The van der Waals surface area contributed by atoms with Crippen LogP contribution in [-0.4, -0.2) is 53.2 Å². The summed E-state index contributed by atoms with van der Waals surface area (Å²) in [4.78, 5) is 37.9. The molecule has 0 bridgehead atoms. The van der Waals surface area contributed by atoms with E-state index in [2.05, 4.69) is 0 Å². The largest absolute Gasteiger partial charge is 0.384 e. The van der Waals surface area contributed by atoms with E-state index >= 15 is 0 Å². The number of carbonyl (C=O) groups is 1. The van der Waals surface area contributed by atoms with Crippen molar-refractivity contribution in [2.24, 2.45) is 14.1 Å². The van der Waals surface area contributed by atoms with E-state index in [1.165, 1.54) is 14.1 Å². The summed E-state index contributed by atoms with van der Waals surface area (Å²) in [6, 6.07) is 0.0107. The van der Waals surface area contributed by atoms with Gasteiger partial charge in [0.1, 0.15) is 11.4 Å². The normalized spacial score (nSPS) is 12.7. The van der Waals surface area contributed by atoms with Gasteiger partial charge in [-0.25, -0.2) is 4.79 Å². The van der Waals surface area contributed by atoms with Crippen molar-refractivity contribution in [2.45, 2.75) is 13.0 Å². The minimum Gasteiger partial charge on any atom is -0.384 e. The molecule has 0 saturated carbocycles. The Labute approximate surface area is 122 Å². The number of methoxy groups -OCH3 is 1. The molecular formula is C13H22N4O4. The summed E-state index contributed by atoms with van der Waals surface area (Å²) in [5.41, 5.74) is 4.36. The van der Waals surface area contributed by atoms with E-state index in [4.69, 9.17) is 10.5 Å². The highest BCUT2D eigenvalue weighted by molar-refractivity contribution is 6.01. The first kappa shape index (κ1) is 17.1. The summed E-state index contributed by atoms with van der Waals surface area (Å²) in [7, 11) is 6.07. The van der Waals surface area contributed by atoms with Gasteiger partial charge in [-0.05, 0) is 14.0 Å². The van der Waals surface area contributed by atoms with Crippen LogP contribution in [0.2, 0.25) is 0 Å². The minimum absolute atomic E-state index is 0.0107. The van der Waals surface area contributed by atoms with Gasteiger partial charge in [0.05, 0.1) is 13.2 Å². The van der Waals surface area contributed by atoms with E-state index in [0.717, 1.165) is 9.13 Å². The van der Waals surface area contributed by atoms with E-state index in [1.807, 2.05) is 6.92 Å². The molecule has 1 aromatic rings. The second-order valence-electron chi connectivity index (χ2n) is 5.11. The SMILES string of the molecule is COC[C@@H](C)N(C)CC(=O)c1c(N)n(C)c(=O)n(C)c1=O. The number of anilines is 1. The molecule has 8 nitrogen and oxygen atoms in total. The van der Waals surface area contributed by atoms with Gasteiger partial charge in [0.2, 0.25) is 0 Å². The van der Waals surface area contributed by atoms with Gasteiger partial charge in [0.15, 0.2) is 5.78 Å². The van der Waals surface area contributed by atoms with Crippen molar-refractivity contribution in [1.82, 2.24) is 14.0 Å². The van der Waals surface area contributed by atoms with Crippen LogP contribution in [0.1, 0.15) is 17.3 Å². The molecule has 8 heteroatoms. The van der Waals surface area contributed by atoms with Gasteiger partial charge in [-0.15, -0.1) is 0 Å². The first-order chi connectivity index (χ1) is 9.72. The molecule has 1 aromatic heterocycles. The van der Waals surface area contributed by atoms with Crippen molar-refractivity contribution in [2.75, 3.05) is 33.0 Å². The van der Waals surface area contributed by atoms with E-state index in [9.17, 15) is 14.4 Å². The lowest BCUT2D eigenvalue weighted by Gasteiger charge is -2.23. The van der Waals surface area contributed by atoms with E-state index in [0.29, 0.717) is 6.61 Å². The number of ketones is 1. The second-order valence-corrected chi connectivity index (χ2v) is 5.11. The lowest BCUT2D eigenvalue weighted by atomic mass is 10.1. The van der Waals surface area contributed by atoms with Gasteiger partial charge < -0.3 is 10.5 Å². The Bertz CT molecular complexity index is 647. The molecule has 0 spiro atoms. The van der Waals surface area contributed by atoms with Gasteiger partial charge in [-0.3, -0.25) is 23.6 Å². The Morgan fingerprint density at radius 1 is 1.33 bits per heavy atom. The zero-order valence-corrected chi connectivity index (χ0v) is 13.0. The van der Waals surface area contributed by atoms with Crippen LogP contribution in [0.15, 0.2) is 9.59 Å². The molecule has 0 unspecified atom stereocenters. The highest BCUT2D eigenvalue weighted by atomic mass is 16.5. The molecule has 0 aliphatic rings. The summed E-state index contributed by atoms with van der Waals surface area (Å²) in [6.07, 6.45) is 0. The number of aromatic nitrogens is 2. The average molecular weight is 298 g/mol. The lowest BCUT2D eigenvalue weighted by Crippen LogP contribution is -2.44. The van der Waals surface area contributed by atoms with Crippen molar-refractivity contribution < 1.29 is 9.53 Å². The molecule has 0 aliphatic carbocycles. The molecule has 0 fully saturated rings. The molecular weight excluding hydrogens is 276 g/mol. The monoisotopic (exact) mass is 298 g/mol. The zero-order valence-electron chi connectivity index (χ0n) is 13.0. The van der Waals surface area contributed by atoms with Crippen molar-refractivity contribution in [1.29, 1.82) is 0 Å². The Morgan fingerprint density at radius 3 is 2.43 bits per heavy atom. The topological polar surface area (TPSA) is 99.6 Å². The maximum atomic E-state index is 12.3. The molecule has 0 saturated heterocycles. The third-order valence-electron chi connectivity index (χ3n) is 3.54. The summed E-state index contributed by atoms with van der Waals surface area (Å²) in [5, 5.41) is 0. The predicted molar refractivity (Wildman–Crippen MR) is 79.6 cm³/mol. The van der Waals surface area contributed by atoms with Crippen molar-refractivity contribution in [3.8, 4) is 0 Å². The molecule has 0 amide bonds. The van der Waals surface area contributed by atoms with Gasteiger partial charge in [0.25, 0.3) is 5.56 Å². The standard InChI is InChI=1S/C13H22N4O4/c1-8(7-21-5)15(2)6-9(18)10-11(14)16(3)13(20)17(4)12(10)19/h8H,6-7,14H2,1-5H3/t8-/m1/s1. The number of ether oxygens (including phenoxy) is 1. The van der Waals surface area contributed by atoms with Gasteiger partial charge in [-0.2, -0.15) is 0 Å². The average Bonchev–Trinajstić information content (AvgIpc) is 2.43. The van der Waals surface area contributed by atoms with Crippen LogP contribution in [0.5, 0.6) is 0 Å². The molecule has 0 aliphatic heterocycles. The van der Waals surface area contributed by atoms with E-state index in [-0.39, 0.29) is 24.0 Å². The quantitative estimate of drug-likeness (QED) is 0.663. The fraction of sp³-hybridized carbons (Fsp3) is 0.615. The number of nitrogens with zero attached hydrogens (tertiary/aromatic N) is 3. The number of Topliss-reactive ketones (excluding diaryl/α,β-unsaturated/α-hetero) is 1. The van der Waals surface area contributed by atoms with Crippen LogP contribution in [-0.2, 0) is 18.8 Å². The van der Waals surface area contributed by atoms with Crippen LogP contribution in [0, 0.1) is 0 Å². The molecule has 1 rings (SSSR count). The first-order valence-corrected chi connectivity index (χ1v) is 6.50. The second kappa shape index (κ2) is 6.68. The number of hydrogen-bond donors (Lipinski definition) is 1. The number of hydrogen-bond acceptors (Lipinski definition) is 6. The van der Waals surface area contributed by atoms with Crippen molar-refractivity contribution >= 4 is 11.6 Å². The number of nitrogen functional groups attached to an aromatic ring is 1. The molecule has 2 N–H and O–H groups in total. The molecule has 21 heavy (non-hydrogen) atoms. The van der Waals surface area contributed by atoms with Crippen LogP contribution < -0.4 is 17.0 Å². The molecule has 1 atom stereocenters. The third kappa shape index (κ3) is 3.40. The van der Waals surface area contributed by atoms with Gasteiger partial charge in [0, 0.05) is 27.2 Å². The van der Waals surface area contributed by atoms with Crippen LogP contribution in [0.4, 0.5) is 5.82 Å². The maximum absolute atomic E-state index is 12.3. The molecule has 118 valence electrons. The fourth-order valence-electron chi connectivity index (χ4n) is 1.95.